The molecule has 2 unspecified atom stereocenters. The molecule has 0 bridgehead atoms. The number of likely N-dealkylation sites (tertiary alicyclic amines) is 2. The molecule has 1 aromatic rings. The summed E-state index contributed by atoms with van der Waals surface area (Å²) in [6.45, 7) is 10.9. The van der Waals surface area contributed by atoms with Gasteiger partial charge in [-0.05, 0) is 49.3 Å². The highest BCUT2D eigenvalue weighted by Gasteiger charge is 2.36. The summed E-state index contributed by atoms with van der Waals surface area (Å²) in [5, 5.41) is 3.11. The van der Waals surface area contributed by atoms with Gasteiger partial charge in [0.05, 0.1) is 5.92 Å². The number of carbonyl (C=O) groups is 2. The highest BCUT2D eigenvalue weighted by Crippen LogP contribution is 2.24. The molecule has 1 N–H and O–H groups in total. The third-order valence-electron chi connectivity index (χ3n) is 6.62. The van der Waals surface area contributed by atoms with Crippen molar-refractivity contribution in [3.63, 3.8) is 0 Å². The van der Waals surface area contributed by atoms with Crippen molar-refractivity contribution in [3.8, 4) is 0 Å². The summed E-state index contributed by atoms with van der Waals surface area (Å²) >= 11 is 0. The first-order chi connectivity index (χ1) is 14.0. The topological polar surface area (TPSA) is 52.7 Å². The Labute approximate surface area is 175 Å². The van der Waals surface area contributed by atoms with Crippen molar-refractivity contribution in [1.29, 1.82) is 0 Å². The number of amides is 2. The van der Waals surface area contributed by atoms with Crippen molar-refractivity contribution in [3.05, 3.63) is 35.4 Å². The molecule has 29 heavy (non-hydrogen) atoms. The van der Waals surface area contributed by atoms with Gasteiger partial charge in [0.2, 0.25) is 11.8 Å². The summed E-state index contributed by atoms with van der Waals surface area (Å²) in [5.74, 6) is 0.665. The highest BCUT2D eigenvalue weighted by molar-refractivity contribution is 5.89. The van der Waals surface area contributed by atoms with Gasteiger partial charge in [0.1, 0.15) is 0 Å². The fourth-order valence-electron chi connectivity index (χ4n) is 4.87. The Morgan fingerprint density at radius 1 is 1.17 bits per heavy atom. The predicted octanol–water partition coefficient (Wildman–Crippen LogP) is 3.57. The zero-order valence-electron chi connectivity index (χ0n) is 18.3. The lowest BCUT2D eigenvalue weighted by molar-refractivity contribution is -0.130. The van der Waals surface area contributed by atoms with Gasteiger partial charge in [-0.25, -0.2) is 0 Å². The SMILES string of the molecule is CCC(CC)N1CC(C(=O)NCc2ccccc2CN2CCCC(C)C2)CC1=O. The number of benzene rings is 1. The third kappa shape index (κ3) is 5.59. The van der Waals surface area contributed by atoms with E-state index in [1.807, 2.05) is 11.0 Å². The van der Waals surface area contributed by atoms with Crippen LogP contribution in [0.1, 0.15) is 64.0 Å². The molecule has 5 heteroatoms. The quantitative estimate of drug-likeness (QED) is 0.727. The smallest absolute Gasteiger partial charge is 0.225 e. The first-order valence-electron chi connectivity index (χ1n) is 11.4. The Balaban J connectivity index is 1.56. The van der Waals surface area contributed by atoms with Gasteiger partial charge in [0, 0.05) is 38.6 Å². The minimum atomic E-state index is -0.224. The van der Waals surface area contributed by atoms with Crippen molar-refractivity contribution in [2.45, 2.75) is 72.0 Å². The number of carbonyl (C=O) groups excluding carboxylic acids is 2. The molecule has 5 nitrogen and oxygen atoms in total. The van der Waals surface area contributed by atoms with Gasteiger partial charge in [-0.2, -0.15) is 0 Å². The molecular formula is C24H37N3O2. The van der Waals surface area contributed by atoms with Crippen LogP contribution in [0.2, 0.25) is 0 Å². The second-order valence-corrected chi connectivity index (χ2v) is 8.89. The number of rotatable bonds is 8. The molecule has 2 fully saturated rings. The van der Waals surface area contributed by atoms with E-state index < -0.39 is 0 Å². The van der Waals surface area contributed by atoms with E-state index in [1.165, 1.54) is 24.0 Å². The summed E-state index contributed by atoms with van der Waals surface area (Å²) < 4.78 is 0. The number of hydrogen-bond donors (Lipinski definition) is 1. The van der Waals surface area contributed by atoms with Crippen LogP contribution in [-0.2, 0) is 22.7 Å². The number of piperidine rings is 1. The molecule has 2 aliphatic rings. The maximum atomic E-state index is 12.8. The lowest BCUT2D eigenvalue weighted by Crippen LogP contribution is -2.37. The summed E-state index contributed by atoms with van der Waals surface area (Å²) in [6.07, 6.45) is 4.82. The average molecular weight is 400 g/mol. The number of nitrogens with zero attached hydrogens (tertiary/aromatic N) is 2. The molecule has 2 amide bonds. The molecule has 2 aliphatic heterocycles. The van der Waals surface area contributed by atoms with Crippen LogP contribution in [0.5, 0.6) is 0 Å². The Kier molecular flexibility index (Phi) is 7.70. The van der Waals surface area contributed by atoms with Crippen LogP contribution >= 0.6 is 0 Å². The molecule has 0 aliphatic carbocycles. The van der Waals surface area contributed by atoms with E-state index in [4.69, 9.17) is 0 Å². The van der Waals surface area contributed by atoms with Crippen LogP contribution in [0.3, 0.4) is 0 Å². The highest BCUT2D eigenvalue weighted by atomic mass is 16.2. The van der Waals surface area contributed by atoms with Gasteiger partial charge in [0.25, 0.3) is 0 Å². The van der Waals surface area contributed by atoms with E-state index in [1.54, 1.807) is 0 Å². The Morgan fingerprint density at radius 3 is 2.59 bits per heavy atom. The number of nitrogens with one attached hydrogen (secondary N) is 1. The van der Waals surface area contributed by atoms with Gasteiger partial charge in [-0.15, -0.1) is 0 Å². The molecule has 2 atom stereocenters. The first kappa shape index (κ1) is 21.8. The van der Waals surface area contributed by atoms with Gasteiger partial charge in [-0.1, -0.05) is 45.0 Å². The van der Waals surface area contributed by atoms with Crippen LogP contribution < -0.4 is 5.32 Å². The van der Waals surface area contributed by atoms with E-state index in [0.717, 1.165) is 38.4 Å². The summed E-state index contributed by atoms with van der Waals surface area (Å²) in [5.41, 5.74) is 2.48. The second-order valence-electron chi connectivity index (χ2n) is 8.89. The fourth-order valence-corrected chi connectivity index (χ4v) is 4.87. The standard InChI is InChI=1S/C24H37N3O2/c1-4-22(5-2)27-17-21(13-23(27)28)24(29)25-14-19-10-6-7-11-20(19)16-26-12-8-9-18(3)15-26/h6-7,10-11,18,21-22H,4-5,8-9,12-17H2,1-3H3,(H,25,29). The zero-order chi connectivity index (χ0) is 20.8. The van der Waals surface area contributed by atoms with Crippen LogP contribution in [0, 0.1) is 11.8 Å². The van der Waals surface area contributed by atoms with Crippen molar-refractivity contribution < 1.29 is 9.59 Å². The predicted molar refractivity (Wildman–Crippen MR) is 116 cm³/mol. The number of hydrogen-bond acceptors (Lipinski definition) is 3. The summed E-state index contributed by atoms with van der Waals surface area (Å²) in [7, 11) is 0. The van der Waals surface area contributed by atoms with Crippen molar-refractivity contribution in [2.24, 2.45) is 11.8 Å². The van der Waals surface area contributed by atoms with E-state index >= 15 is 0 Å². The van der Waals surface area contributed by atoms with Gasteiger partial charge in [-0.3, -0.25) is 14.5 Å². The van der Waals surface area contributed by atoms with E-state index in [-0.39, 0.29) is 23.8 Å². The van der Waals surface area contributed by atoms with Crippen LogP contribution in [0.4, 0.5) is 0 Å². The monoisotopic (exact) mass is 399 g/mol. The molecule has 160 valence electrons. The largest absolute Gasteiger partial charge is 0.352 e. The van der Waals surface area contributed by atoms with E-state index in [2.05, 4.69) is 49.2 Å². The van der Waals surface area contributed by atoms with Crippen LogP contribution in [0.15, 0.2) is 24.3 Å². The normalized spacial score (nSPS) is 23.0. The Morgan fingerprint density at radius 2 is 1.90 bits per heavy atom. The maximum absolute atomic E-state index is 12.8. The molecule has 3 rings (SSSR count). The summed E-state index contributed by atoms with van der Waals surface area (Å²) in [6, 6.07) is 8.66. The van der Waals surface area contributed by atoms with Crippen molar-refractivity contribution in [2.75, 3.05) is 19.6 Å². The molecular weight excluding hydrogens is 362 g/mol. The molecule has 1 aromatic carbocycles. The van der Waals surface area contributed by atoms with Gasteiger partial charge < -0.3 is 10.2 Å². The second kappa shape index (κ2) is 10.2. The minimum absolute atomic E-state index is 0.00760. The lowest BCUT2D eigenvalue weighted by atomic mass is 9.99. The molecule has 2 heterocycles. The average Bonchev–Trinajstić information content (AvgIpc) is 3.10. The van der Waals surface area contributed by atoms with Crippen molar-refractivity contribution in [1.82, 2.24) is 15.1 Å². The first-order valence-corrected chi connectivity index (χ1v) is 11.4. The molecule has 0 saturated carbocycles. The molecule has 0 aromatic heterocycles. The lowest BCUT2D eigenvalue weighted by Gasteiger charge is -2.31. The Bertz CT molecular complexity index is 701. The molecule has 2 saturated heterocycles. The van der Waals surface area contributed by atoms with Gasteiger partial charge in [0.15, 0.2) is 0 Å². The van der Waals surface area contributed by atoms with Crippen LogP contribution in [0.25, 0.3) is 0 Å². The third-order valence-corrected chi connectivity index (χ3v) is 6.62. The van der Waals surface area contributed by atoms with Crippen molar-refractivity contribution >= 4 is 11.8 Å². The molecule has 0 spiro atoms. The summed E-state index contributed by atoms with van der Waals surface area (Å²) in [4.78, 5) is 29.6. The van der Waals surface area contributed by atoms with Gasteiger partial charge >= 0.3 is 0 Å². The Hall–Kier alpha value is -1.88. The van der Waals surface area contributed by atoms with E-state index in [9.17, 15) is 9.59 Å². The van der Waals surface area contributed by atoms with Crippen LogP contribution in [-0.4, -0.2) is 47.3 Å². The minimum Gasteiger partial charge on any atom is -0.352 e. The fraction of sp³-hybridized carbons (Fsp3) is 0.667. The maximum Gasteiger partial charge on any atom is 0.225 e. The zero-order valence-corrected chi connectivity index (χ0v) is 18.3. The molecule has 0 radical (unpaired) electrons. The van der Waals surface area contributed by atoms with E-state index in [0.29, 0.717) is 19.5 Å².